The zero-order valence-corrected chi connectivity index (χ0v) is 14.6. The van der Waals surface area contributed by atoms with Crippen molar-refractivity contribution in [1.82, 2.24) is 0 Å². The second-order valence-corrected chi connectivity index (χ2v) is 5.36. The number of aliphatic hydroxyl groups excluding tert-OH is 1. The van der Waals surface area contributed by atoms with Gasteiger partial charge in [-0.25, -0.2) is 4.79 Å². The van der Waals surface area contributed by atoms with Crippen LogP contribution in [0.5, 0.6) is 17.2 Å². The van der Waals surface area contributed by atoms with E-state index < -0.39 is 5.97 Å². The molecule has 7 nitrogen and oxygen atoms in total. The van der Waals surface area contributed by atoms with E-state index >= 15 is 0 Å². The molecule has 26 heavy (non-hydrogen) atoms. The first kappa shape index (κ1) is 17.3. The minimum absolute atomic E-state index is 0.0919. The minimum Gasteiger partial charge on any atom is -0.493 e. The van der Waals surface area contributed by atoms with Crippen LogP contribution in [-0.4, -0.2) is 43.4 Å². The zero-order chi connectivity index (χ0) is 18.7. The smallest absolute Gasteiger partial charge is 0.431 e. The molecule has 0 spiro atoms. The van der Waals surface area contributed by atoms with Gasteiger partial charge in [-0.1, -0.05) is 30.3 Å². The molecular weight excluding hydrogens is 338 g/mol. The molecule has 0 unspecified atom stereocenters. The summed E-state index contributed by atoms with van der Waals surface area (Å²) in [6, 6.07) is 12.1. The average Bonchev–Trinajstić information content (AvgIpc) is 2.94. The van der Waals surface area contributed by atoms with Crippen LogP contribution in [0.1, 0.15) is 11.1 Å². The van der Waals surface area contributed by atoms with Crippen LogP contribution in [-0.2, 0) is 9.63 Å². The van der Waals surface area contributed by atoms with Gasteiger partial charge in [-0.05, 0) is 17.7 Å². The van der Waals surface area contributed by atoms with Gasteiger partial charge in [0.1, 0.15) is 0 Å². The molecule has 2 aromatic rings. The van der Waals surface area contributed by atoms with Crippen molar-refractivity contribution in [2.75, 3.05) is 21.3 Å². The summed E-state index contributed by atoms with van der Waals surface area (Å²) in [7, 11) is 4.51. The average molecular weight is 356 g/mol. The molecule has 0 atom stereocenters. The quantitative estimate of drug-likeness (QED) is 0.655. The Balaban J connectivity index is 2.06. The third-order valence-electron chi connectivity index (χ3n) is 3.83. The summed E-state index contributed by atoms with van der Waals surface area (Å²) in [6.45, 7) is 0. The maximum atomic E-state index is 12.2. The Kier molecular flexibility index (Phi) is 4.79. The van der Waals surface area contributed by atoms with E-state index in [2.05, 4.69) is 0 Å². The van der Waals surface area contributed by atoms with Gasteiger partial charge >= 0.3 is 11.9 Å². The summed E-state index contributed by atoms with van der Waals surface area (Å²) in [5.74, 6) is 0.383. The molecule has 0 fully saturated rings. The van der Waals surface area contributed by atoms with Crippen LogP contribution in [0.2, 0.25) is 0 Å². The molecule has 0 amide bonds. The highest BCUT2D eigenvalue weighted by Crippen LogP contribution is 2.38. The molecule has 0 radical (unpaired) electrons. The van der Waals surface area contributed by atoms with E-state index in [4.69, 9.17) is 19.0 Å². The lowest BCUT2D eigenvalue weighted by Crippen LogP contribution is -2.10. The van der Waals surface area contributed by atoms with E-state index in [0.717, 1.165) is 4.74 Å². The summed E-state index contributed by atoms with van der Waals surface area (Å²) in [5.41, 5.74) is 1.23. The number of aliphatic hydroxyl groups is 1. The van der Waals surface area contributed by atoms with Gasteiger partial charge in [0.25, 0.3) is 0 Å². The number of hydrogen-bond donors (Lipinski definition) is 1. The molecule has 1 heterocycles. The highest BCUT2D eigenvalue weighted by Gasteiger charge is 2.40. The predicted molar refractivity (Wildman–Crippen MR) is 93.6 cm³/mol. The van der Waals surface area contributed by atoms with Crippen LogP contribution in [0.15, 0.2) is 48.3 Å². The fourth-order valence-electron chi connectivity index (χ4n) is 2.63. The van der Waals surface area contributed by atoms with Crippen molar-refractivity contribution in [1.29, 1.82) is 0 Å². The molecule has 0 aromatic heterocycles. The third kappa shape index (κ3) is 3.06. The van der Waals surface area contributed by atoms with Crippen LogP contribution in [0.4, 0.5) is 0 Å². The summed E-state index contributed by atoms with van der Waals surface area (Å²) >= 11 is 0. The number of hydroxylamine groups is 1. The van der Waals surface area contributed by atoms with Gasteiger partial charge in [-0.3, -0.25) is 0 Å². The first-order valence-corrected chi connectivity index (χ1v) is 7.74. The Bertz CT molecular complexity index is 876. The topological polar surface area (TPSA) is 77.2 Å². The Hall–Kier alpha value is -3.48. The van der Waals surface area contributed by atoms with Crippen LogP contribution in [0.25, 0.3) is 5.57 Å². The number of methoxy groups -OCH3 is 3. The highest BCUT2D eigenvalue weighted by molar-refractivity contribution is 6.17. The maximum Gasteiger partial charge on any atom is 0.431 e. The van der Waals surface area contributed by atoms with Crippen LogP contribution in [0, 0.1) is 0 Å². The van der Waals surface area contributed by atoms with Crippen molar-refractivity contribution < 1.29 is 33.7 Å². The number of carbonyl (C=O) groups is 1. The third-order valence-corrected chi connectivity index (χ3v) is 3.83. The minimum atomic E-state index is -0.641. The molecule has 0 saturated heterocycles. The molecule has 1 N–H and O–H groups in total. The Morgan fingerprint density at radius 3 is 2.15 bits per heavy atom. The molecule has 2 aromatic carbocycles. The number of benzene rings is 2. The van der Waals surface area contributed by atoms with Crippen molar-refractivity contribution >= 4 is 17.8 Å². The number of rotatable bonds is 5. The van der Waals surface area contributed by atoms with Gasteiger partial charge in [0, 0.05) is 0 Å². The van der Waals surface area contributed by atoms with E-state index in [9.17, 15) is 9.90 Å². The maximum absolute atomic E-state index is 12.2. The van der Waals surface area contributed by atoms with E-state index in [1.165, 1.54) is 27.5 Å². The fourth-order valence-corrected chi connectivity index (χ4v) is 2.63. The first-order valence-electron chi connectivity index (χ1n) is 7.74. The van der Waals surface area contributed by atoms with Gasteiger partial charge in [-0.15, -0.1) is 0 Å². The van der Waals surface area contributed by atoms with Gasteiger partial charge in [-0.2, -0.15) is 4.84 Å². The summed E-state index contributed by atoms with van der Waals surface area (Å²) in [6.07, 6.45) is 1.45. The number of nitrogens with zero attached hydrogens (tertiary/aromatic N) is 1. The summed E-state index contributed by atoms with van der Waals surface area (Å²) < 4.78 is 16.9. The number of carbonyl (C=O) groups excluding carboxylic acids is 1. The normalized spacial score (nSPS) is 15.2. The van der Waals surface area contributed by atoms with Crippen LogP contribution >= 0.6 is 0 Å². The largest absolute Gasteiger partial charge is 0.493 e. The molecular formula is C19H18NO6+. The van der Waals surface area contributed by atoms with E-state index in [0.29, 0.717) is 28.4 Å². The zero-order valence-electron chi connectivity index (χ0n) is 14.6. The van der Waals surface area contributed by atoms with Crippen molar-refractivity contribution in [3.05, 3.63) is 59.5 Å². The lowest BCUT2D eigenvalue weighted by molar-refractivity contribution is -0.728. The van der Waals surface area contributed by atoms with E-state index in [1.807, 2.05) is 6.07 Å². The Morgan fingerprint density at radius 1 is 1.00 bits per heavy atom. The van der Waals surface area contributed by atoms with Crippen molar-refractivity contribution in [3.63, 3.8) is 0 Å². The molecule has 0 aliphatic carbocycles. The first-order chi connectivity index (χ1) is 12.6. The highest BCUT2D eigenvalue weighted by atomic mass is 16.7. The number of ether oxygens (including phenoxy) is 3. The number of hydrogen-bond acceptors (Lipinski definition) is 6. The Labute approximate surface area is 150 Å². The second kappa shape index (κ2) is 7.18. The summed E-state index contributed by atoms with van der Waals surface area (Å²) in [4.78, 5) is 17.3. The fraction of sp³-hybridized carbons (Fsp3) is 0.158. The molecule has 3 rings (SSSR count). The lowest BCUT2D eigenvalue weighted by Gasteiger charge is -2.12. The van der Waals surface area contributed by atoms with Crippen molar-refractivity contribution in [2.45, 2.75) is 0 Å². The molecule has 1 aliphatic heterocycles. The van der Waals surface area contributed by atoms with Gasteiger partial charge < -0.3 is 19.3 Å². The molecule has 7 heteroatoms. The lowest BCUT2D eigenvalue weighted by atomic mass is 10.1. The molecule has 134 valence electrons. The second-order valence-electron chi connectivity index (χ2n) is 5.36. The standard InChI is InChI=1S/C19H17NO6/c1-23-14-9-12(10-15(24-2)17(14)25-3)11-20-18(21)16(19(22)26-20)13-7-5-4-6-8-13/h4-11H,1-3H3/p+1/b20-11+. The van der Waals surface area contributed by atoms with Crippen molar-refractivity contribution in [3.8, 4) is 17.2 Å². The van der Waals surface area contributed by atoms with Gasteiger partial charge in [0.05, 0.1) is 31.6 Å². The van der Waals surface area contributed by atoms with Gasteiger partial charge in [0.2, 0.25) is 12.0 Å². The van der Waals surface area contributed by atoms with Gasteiger partial charge in [0.15, 0.2) is 17.1 Å². The molecule has 0 bridgehead atoms. The van der Waals surface area contributed by atoms with E-state index in [-0.39, 0.29) is 11.5 Å². The Morgan fingerprint density at radius 2 is 1.62 bits per heavy atom. The molecule has 1 aliphatic rings. The molecule has 0 saturated carbocycles. The van der Waals surface area contributed by atoms with E-state index in [1.54, 1.807) is 36.4 Å². The SMILES string of the molecule is COc1cc(/C=[N+]2/OC(=O)C(c3ccccc3)=C2O)cc(OC)c1OC. The monoisotopic (exact) mass is 356 g/mol. The van der Waals surface area contributed by atoms with Crippen LogP contribution in [0.3, 0.4) is 0 Å². The van der Waals surface area contributed by atoms with Crippen molar-refractivity contribution in [2.24, 2.45) is 0 Å². The van der Waals surface area contributed by atoms with Crippen LogP contribution < -0.4 is 14.2 Å². The predicted octanol–water partition coefficient (Wildman–Crippen LogP) is 2.54. The summed E-state index contributed by atoms with van der Waals surface area (Å²) in [5, 5.41) is 10.4.